The van der Waals surface area contributed by atoms with E-state index in [1.807, 2.05) is 49.9 Å². The van der Waals surface area contributed by atoms with Crippen LogP contribution in [0.1, 0.15) is 65.4 Å². The van der Waals surface area contributed by atoms with Gasteiger partial charge in [-0.3, -0.25) is 9.80 Å². The third-order valence-electron chi connectivity index (χ3n) is 12.2. The normalized spacial score (nSPS) is 25.9. The number of methoxy groups -OCH3 is 1. The summed E-state index contributed by atoms with van der Waals surface area (Å²) in [5.41, 5.74) is 0.992. The van der Waals surface area contributed by atoms with Gasteiger partial charge in [-0.1, -0.05) is 25.1 Å². The van der Waals surface area contributed by atoms with Crippen LogP contribution in [0.4, 0.5) is 19.4 Å². The van der Waals surface area contributed by atoms with E-state index in [0.29, 0.717) is 53.3 Å². The maximum absolute atomic E-state index is 17.6. The minimum atomic E-state index is -0.922. The summed E-state index contributed by atoms with van der Waals surface area (Å²) >= 11 is 0. The first-order valence-corrected chi connectivity index (χ1v) is 19.6. The van der Waals surface area contributed by atoms with E-state index >= 15 is 4.39 Å². The van der Waals surface area contributed by atoms with E-state index in [4.69, 9.17) is 33.7 Å². The smallest absolute Gasteiger partial charge is 0.410 e. The molecular formula is C42H49F2N5O6. The number of benzene rings is 3. The first-order chi connectivity index (χ1) is 26.5. The van der Waals surface area contributed by atoms with Crippen molar-refractivity contribution in [1.82, 2.24) is 19.8 Å². The number of fused-ring (bicyclic) bond motifs is 7. The number of nitrogens with zero attached hydrogens (tertiary/aromatic N) is 5. The van der Waals surface area contributed by atoms with E-state index in [1.165, 1.54) is 0 Å². The third kappa shape index (κ3) is 6.18. The van der Waals surface area contributed by atoms with Crippen LogP contribution in [-0.2, 0) is 15.9 Å². The fourth-order valence-electron chi connectivity index (χ4n) is 9.89. The fourth-order valence-corrected chi connectivity index (χ4v) is 9.89. The number of anilines is 1. The first-order valence-electron chi connectivity index (χ1n) is 19.6. The molecule has 0 N–H and O–H groups in total. The number of halogens is 2. The number of carbonyl (C=O) groups is 1. The average Bonchev–Trinajstić information content (AvgIpc) is 3.76. The van der Waals surface area contributed by atoms with Crippen LogP contribution in [0.3, 0.4) is 0 Å². The van der Waals surface area contributed by atoms with Crippen LogP contribution in [0, 0.1) is 5.82 Å². The molecule has 4 aromatic rings. The topological polar surface area (TPSA) is 98.7 Å². The Morgan fingerprint density at radius 3 is 2.71 bits per heavy atom. The van der Waals surface area contributed by atoms with Crippen molar-refractivity contribution in [1.29, 1.82) is 0 Å². The number of piperazine rings is 1. The molecule has 1 amide bonds. The number of aromatic nitrogens is 2. The van der Waals surface area contributed by atoms with Crippen molar-refractivity contribution in [3.05, 3.63) is 47.8 Å². The van der Waals surface area contributed by atoms with E-state index in [0.717, 1.165) is 55.0 Å². The highest BCUT2D eigenvalue weighted by molar-refractivity contribution is 6.05. The predicted molar refractivity (Wildman–Crippen MR) is 204 cm³/mol. The quantitative estimate of drug-likeness (QED) is 0.169. The van der Waals surface area contributed by atoms with E-state index in [-0.39, 0.29) is 55.8 Å². The second kappa shape index (κ2) is 13.6. The zero-order chi connectivity index (χ0) is 38.2. The van der Waals surface area contributed by atoms with Crippen molar-refractivity contribution in [2.45, 2.75) is 102 Å². The Morgan fingerprint density at radius 2 is 1.91 bits per heavy atom. The molecule has 4 saturated heterocycles. The number of carbonyl (C=O) groups excluding carboxylic acids is 1. The van der Waals surface area contributed by atoms with Gasteiger partial charge in [-0.2, -0.15) is 9.97 Å². The van der Waals surface area contributed by atoms with Gasteiger partial charge in [-0.05, 0) is 99.5 Å². The molecule has 0 unspecified atom stereocenters. The standard InChI is InChI=1S/C42H49F2N5O6/c1-6-24-9-7-10-25-15-28(54-23-51-5)16-29(34(24)25)30-17-33-35-37(36(30)44)45-39(53-22-42-13-8-14-47(42)19-26(43)18-42)46-38(35)48-20-27-11-12-31(32(48)21-52-33)49(27)40(50)55-41(2,3)4/h7,9-10,15-17,26-27,31-32H,6,8,11-14,18-23H2,1-5H3/t26-,27+,31-,32-,42-/m0/s1. The Kier molecular flexibility index (Phi) is 8.95. The minimum Gasteiger partial charge on any atom is -0.490 e. The van der Waals surface area contributed by atoms with Gasteiger partial charge in [-0.15, -0.1) is 0 Å². The molecule has 55 heavy (non-hydrogen) atoms. The molecule has 5 atom stereocenters. The second-order valence-corrected chi connectivity index (χ2v) is 16.8. The zero-order valence-corrected chi connectivity index (χ0v) is 32.2. The minimum absolute atomic E-state index is 0.0338. The summed E-state index contributed by atoms with van der Waals surface area (Å²) in [5.74, 6) is 0.959. The highest BCUT2D eigenvalue weighted by Crippen LogP contribution is 2.48. The van der Waals surface area contributed by atoms with Crippen LogP contribution in [0.15, 0.2) is 36.4 Å². The van der Waals surface area contributed by atoms with E-state index < -0.39 is 23.1 Å². The summed E-state index contributed by atoms with van der Waals surface area (Å²) in [5, 5.41) is 2.27. The lowest BCUT2D eigenvalue weighted by Gasteiger charge is -2.46. The molecule has 0 saturated carbocycles. The van der Waals surface area contributed by atoms with Gasteiger partial charge in [0.15, 0.2) is 12.6 Å². The maximum Gasteiger partial charge on any atom is 0.410 e. The van der Waals surface area contributed by atoms with Gasteiger partial charge in [0.05, 0.1) is 29.1 Å². The number of hydrogen-bond acceptors (Lipinski definition) is 10. The van der Waals surface area contributed by atoms with Gasteiger partial charge in [0.25, 0.3) is 0 Å². The van der Waals surface area contributed by atoms with Crippen molar-refractivity contribution in [3.8, 4) is 28.6 Å². The Hall–Kier alpha value is -4.49. The molecule has 11 nitrogen and oxygen atoms in total. The molecule has 6 heterocycles. The van der Waals surface area contributed by atoms with Gasteiger partial charge in [0, 0.05) is 32.2 Å². The lowest BCUT2D eigenvalue weighted by atomic mass is 9.92. The van der Waals surface area contributed by atoms with Crippen LogP contribution in [0.25, 0.3) is 32.8 Å². The zero-order valence-electron chi connectivity index (χ0n) is 32.2. The van der Waals surface area contributed by atoms with Gasteiger partial charge < -0.3 is 28.6 Å². The lowest BCUT2D eigenvalue weighted by molar-refractivity contribution is 0.00544. The molecule has 292 valence electrons. The highest BCUT2D eigenvalue weighted by atomic mass is 19.1. The molecule has 4 fully saturated rings. The summed E-state index contributed by atoms with van der Waals surface area (Å²) in [7, 11) is 1.56. The SMILES string of the molecule is CCc1cccc2cc(OCOC)cc(-c3cc4c5c(nc(OC[C@@]67CCCN6C[C@@H](F)C7)nc5c3F)N3C[C@H]5CC[C@@H]([C@@H]3CO4)N5C(=O)OC(C)(C)C)c12. The maximum atomic E-state index is 17.6. The lowest BCUT2D eigenvalue weighted by Crippen LogP contribution is -2.63. The van der Waals surface area contributed by atoms with Gasteiger partial charge in [0.2, 0.25) is 0 Å². The second-order valence-electron chi connectivity index (χ2n) is 16.8. The monoisotopic (exact) mass is 757 g/mol. The molecular weight excluding hydrogens is 708 g/mol. The summed E-state index contributed by atoms with van der Waals surface area (Å²) in [6.07, 6.45) is 3.20. The number of aryl methyl sites for hydroxylation is 1. The van der Waals surface area contributed by atoms with E-state index in [9.17, 15) is 9.18 Å². The van der Waals surface area contributed by atoms with Crippen LogP contribution >= 0.6 is 0 Å². The third-order valence-corrected chi connectivity index (χ3v) is 12.2. The van der Waals surface area contributed by atoms with Gasteiger partial charge in [0.1, 0.15) is 47.8 Å². The summed E-state index contributed by atoms with van der Waals surface area (Å²) in [4.78, 5) is 29.7. The van der Waals surface area contributed by atoms with Crippen molar-refractivity contribution in [2.75, 3.05) is 51.7 Å². The molecule has 13 heteroatoms. The molecule has 5 aliphatic rings. The van der Waals surface area contributed by atoms with Crippen molar-refractivity contribution in [3.63, 3.8) is 0 Å². The van der Waals surface area contributed by atoms with E-state index in [1.54, 1.807) is 13.2 Å². The summed E-state index contributed by atoms with van der Waals surface area (Å²) in [6, 6.07) is 11.0. The summed E-state index contributed by atoms with van der Waals surface area (Å²) in [6.45, 7) is 9.83. The number of rotatable bonds is 8. The van der Waals surface area contributed by atoms with Gasteiger partial charge >= 0.3 is 12.1 Å². The summed E-state index contributed by atoms with van der Waals surface area (Å²) < 4.78 is 62.6. The van der Waals surface area contributed by atoms with Crippen molar-refractivity contribution >= 4 is 33.6 Å². The molecule has 0 aliphatic carbocycles. The van der Waals surface area contributed by atoms with Crippen LogP contribution < -0.4 is 19.1 Å². The predicted octanol–water partition coefficient (Wildman–Crippen LogP) is 7.44. The number of alkyl halides is 1. The molecule has 0 radical (unpaired) electrons. The Bertz CT molecular complexity index is 2160. The molecule has 9 rings (SSSR count). The first kappa shape index (κ1) is 36.2. The van der Waals surface area contributed by atoms with Gasteiger partial charge in [-0.25, -0.2) is 13.6 Å². The number of ether oxygens (including phenoxy) is 5. The Morgan fingerprint density at radius 1 is 1.05 bits per heavy atom. The van der Waals surface area contributed by atoms with Crippen LogP contribution in [0.2, 0.25) is 0 Å². The largest absolute Gasteiger partial charge is 0.490 e. The Balaban J connectivity index is 1.20. The van der Waals surface area contributed by atoms with Crippen LogP contribution in [0.5, 0.6) is 17.5 Å². The number of hydrogen-bond donors (Lipinski definition) is 0. The highest BCUT2D eigenvalue weighted by Gasteiger charge is 2.52. The number of amides is 1. The molecule has 0 spiro atoms. The molecule has 5 aliphatic heterocycles. The fraction of sp³-hybridized carbons (Fsp3) is 0.548. The average molecular weight is 758 g/mol. The Labute approximate surface area is 319 Å². The van der Waals surface area contributed by atoms with E-state index in [2.05, 4.69) is 22.8 Å². The molecule has 1 aromatic heterocycles. The van der Waals surface area contributed by atoms with Crippen molar-refractivity contribution in [2.24, 2.45) is 0 Å². The van der Waals surface area contributed by atoms with Crippen LogP contribution in [-0.4, -0.2) is 108 Å². The molecule has 3 aromatic carbocycles. The van der Waals surface area contributed by atoms with Crippen molar-refractivity contribution < 1.29 is 37.3 Å². The molecule has 2 bridgehead atoms.